The Bertz CT molecular complexity index is 502. The molecule has 2 rings (SSSR count). The van der Waals surface area contributed by atoms with Gasteiger partial charge in [-0.2, -0.15) is 0 Å². The first-order chi connectivity index (χ1) is 8.10. The lowest BCUT2D eigenvalue weighted by molar-refractivity contribution is 0.0220. The van der Waals surface area contributed by atoms with Crippen LogP contribution in [-0.4, -0.2) is 39.6 Å². The highest BCUT2D eigenvalue weighted by molar-refractivity contribution is 4.90. The molecule has 0 aliphatic carbocycles. The Morgan fingerprint density at radius 3 is 2.71 bits per heavy atom. The number of aliphatic hydroxyl groups excluding tert-OH is 2. The van der Waals surface area contributed by atoms with Crippen LogP contribution in [0, 0.1) is 5.41 Å². The van der Waals surface area contributed by atoms with Gasteiger partial charge in [0, 0.05) is 24.1 Å². The molecule has 1 aliphatic rings. The number of rotatable bonds is 3. The number of aromatic amines is 1. The van der Waals surface area contributed by atoms with Crippen LogP contribution in [0.15, 0.2) is 21.9 Å². The Balaban J connectivity index is 2.26. The second-order valence-corrected chi connectivity index (χ2v) is 4.30. The molecule has 7 nitrogen and oxygen atoms in total. The predicted molar refractivity (Wildman–Crippen MR) is 57.5 cm³/mol. The number of ether oxygens (including phenoxy) is 1. The van der Waals surface area contributed by atoms with Gasteiger partial charge in [0.05, 0.1) is 19.8 Å². The molecule has 0 amide bonds. The van der Waals surface area contributed by atoms with Gasteiger partial charge in [-0.15, -0.1) is 0 Å². The van der Waals surface area contributed by atoms with E-state index in [2.05, 4.69) is 4.98 Å². The van der Waals surface area contributed by atoms with Gasteiger partial charge in [0.15, 0.2) is 0 Å². The SMILES string of the molecule is O=c1ccn([C@@H]2CC(CO)(CO)CO2)c(=O)[nH]1. The van der Waals surface area contributed by atoms with Gasteiger partial charge in [0.2, 0.25) is 0 Å². The van der Waals surface area contributed by atoms with Crippen molar-refractivity contribution in [3.8, 4) is 0 Å². The average molecular weight is 242 g/mol. The van der Waals surface area contributed by atoms with Gasteiger partial charge >= 0.3 is 5.69 Å². The van der Waals surface area contributed by atoms with E-state index in [0.717, 1.165) is 0 Å². The van der Waals surface area contributed by atoms with E-state index >= 15 is 0 Å². The monoisotopic (exact) mass is 242 g/mol. The lowest BCUT2D eigenvalue weighted by Gasteiger charge is -2.21. The van der Waals surface area contributed by atoms with E-state index in [1.54, 1.807) is 0 Å². The molecular weight excluding hydrogens is 228 g/mol. The smallest absolute Gasteiger partial charge is 0.330 e. The highest BCUT2D eigenvalue weighted by Crippen LogP contribution is 2.36. The van der Waals surface area contributed by atoms with Crippen molar-refractivity contribution in [1.82, 2.24) is 9.55 Å². The Kier molecular flexibility index (Phi) is 3.14. The maximum absolute atomic E-state index is 11.5. The Morgan fingerprint density at radius 1 is 1.47 bits per heavy atom. The van der Waals surface area contributed by atoms with Crippen LogP contribution in [0.4, 0.5) is 0 Å². The molecule has 1 fully saturated rings. The number of nitrogens with one attached hydrogen (secondary N) is 1. The minimum Gasteiger partial charge on any atom is -0.396 e. The Labute approximate surface area is 96.3 Å². The summed E-state index contributed by atoms with van der Waals surface area (Å²) in [5.41, 5.74) is -1.76. The summed E-state index contributed by atoms with van der Waals surface area (Å²) in [6.45, 7) is -0.244. The highest BCUT2D eigenvalue weighted by atomic mass is 16.5. The zero-order chi connectivity index (χ0) is 12.5. The summed E-state index contributed by atoms with van der Waals surface area (Å²) in [5.74, 6) is 0. The number of nitrogens with zero attached hydrogens (tertiary/aromatic N) is 1. The highest BCUT2D eigenvalue weighted by Gasteiger charge is 2.40. The van der Waals surface area contributed by atoms with Crippen LogP contribution in [0.3, 0.4) is 0 Å². The summed E-state index contributed by atoms with van der Waals surface area (Å²) in [7, 11) is 0. The Morgan fingerprint density at radius 2 is 2.18 bits per heavy atom. The van der Waals surface area contributed by atoms with Gasteiger partial charge in [-0.05, 0) is 0 Å². The third kappa shape index (κ3) is 2.17. The largest absolute Gasteiger partial charge is 0.396 e. The first-order valence-electron chi connectivity index (χ1n) is 5.25. The van der Waals surface area contributed by atoms with Crippen molar-refractivity contribution in [3.63, 3.8) is 0 Å². The van der Waals surface area contributed by atoms with Crippen LogP contribution < -0.4 is 11.2 Å². The maximum Gasteiger partial charge on any atom is 0.330 e. The van der Waals surface area contributed by atoms with Crippen LogP contribution in [0.5, 0.6) is 0 Å². The number of H-pyrrole nitrogens is 1. The second kappa shape index (κ2) is 4.44. The van der Waals surface area contributed by atoms with Crippen molar-refractivity contribution in [3.05, 3.63) is 33.1 Å². The van der Waals surface area contributed by atoms with E-state index < -0.39 is 22.9 Å². The van der Waals surface area contributed by atoms with E-state index in [9.17, 15) is 19.8 Å². The summed E-state index contributed by atoms with van der Waals surface area (Å²) in [6.07, 6.45) is 1.10. The summed E-state index contributed by atoms with van der Waals surface area (Å²) < 4.78 is 6.62. The molecular formula is C10H14N2O5. The molecule has 94 valence electrons. The van der Waals surface area contributed by atoms with Crippen LogP contribution in [0.1, 0.15) is 12.6 Å². The number of aliphatic hydroxyl groups is 2. The number of aromatic nitrogens is 2. The van der Waals surface area contributed by atoms with E-state index in [4.69, 9.17) is 4.74 Å². The molecule has 0 spiro atoms. The first-order valence-corrected chi connectivity index (χ1v) is 5.25. The Hall–Kier alpha value is -1.44. The topological polar surface area (TPSA) is 105 Å². The minimum atomic E-state index is -0.722. The van der Waals surface area contributed by atoms with Crippen LogP contribution in [-0.2, 0) is 4.74 Å². The number of hydrogen-bond acceptors (Lipinski definition) is 5. The summed E-state index contributed by atoms with van der Waals surface area (Å²) in [5, 5.41) is 18.4. The zero-order valence-electron chi connectivity index (χ0n) is 9.13. The molecule has 1 aromatic heterocycles. The fourth-order valence-corrected chi connectivity index (χ4v) is 1.86. The first kappa shape index (κ1) is 12.0. The molecule has 7 heteroatoms. The lowest BCUT2D eigenvalue weighted by atomic mass is 9.89. The maximum atomic E-state index is 11.5. The van der Waals surface area contributed by atoms with Crippen LogP contribution in [0.2, 0.25) is 0 Å². The molecule has 17 heavy (non-hydrogen) atoms. The van der Waals surface area contributed by atoms with Crippen LogP contribution in [0.25, 0.3) is 0 Å². The van der Waals surface area contributed by atoms with Crippen molar-refractivity contribution in [2.75, 3.05) is 19.8 Å². The molecule has 3 N–H and O–H groups in total. The van der Waals surface area contributed by atoms with Crippen molar-refractivity contribution in [2.45, 2.75) is 12.6 Å². The molecule has 0 bridgehead atoms. The molecule has 0 unspecified atom stereocenters. The zero-order valence-corrected chi connectivity index (χ0v) is 9.13. The van der Waals surface area contributed by atoms with Crippen molar-refractivity contribution in [2.24, 2.45) is 5.41 Å². The molecule has 0 saturated carbocycles. The summed E-state index contributed by atoms with van der Waals surface area (Å²) in [6, 6.07) is 1.22. The molecule has 1 aromatic rings. The second-order valence-electron chi connectivity index (χ2n) is 4.30. The molecule has 1 aliphatic heterocycles. The summed E-state index contributed by atoms with van der Waals surface area (Å²) >= 11 is 0. The normalized spacial score (nSPS) is 22.8. The van der Waals surface area contributed by atoms with E-state index in [0.29, 0.717) is 6.42 Å². The van der Waals surface area contributed by atoms with E-state index in [1.807, 2.05) is 0 Å². The van der Waals surface area contributed by atoms with Gasteiger partial charge < -0.3 is 14.9 Å². The average Bonchev–Trinajstić information content (AvgIpc) is 2.74. The molecule has 0 radical (unpaired) electrons. The molecule has 1 atom stereocenters. The third-order valence-electron chi connectivity index (χ3n) is 3.02. The third-order valence-corrected chi connectivity index (χ3v) is 3.02. The lowest BCUT2D eigenvalue weighted by Crippen LogP contribution is -2.33. The van der Waals surface area contributed by atoms with Crippen molar-refractivity contribution < 1.29 is 14.9 Å². The van der Waals surface area contributed by atoms with Gasteiger partial charge in [0.1, 0.15) is 6.23 Å². The fourth-order valence-electron chi connectivity index (χ4n) is 1.86. The number of hydrogen-bond donors (Lipinski definition) is 3. The summed E-state index contributed by atoms with van der Waals surface area (Å²) in [4.78, 5) is 24.6. The van der Waals surface area contributed by atoms with E-state index in [-0.39, 0.29) is 19.8 Å². The molecule has 0 aromatic carbocycles. The molecule has 2 heterocycles. The quantitative estimate of drug-likeness (QED) is 0.593. The van der Waals surface area contributed by atoms with E-state index in [1.165, 1.54) is 16.8 Å². The molecule has 1 saturated heterocycles. The van der Waals surface area contributed by atoms with Crippen molar-refractivity contribution in [1.29, 1.82) is 0 Å². The van der Waals surface area contributed by atoms with Crippen LogP contribution >= 0.6 is 0 Å². The van der Waals surface area contributed by atoms with Gasteiger partial charge in [0.25, 0.3) is 5.56 Å². The van der Waals surface area contributed by atoms with Crippen molar-refractivity contribution >= 4 is 0 Å². The van der Waals surface area contributed by atoms with Gasteiger partial charge in [-0.25, -0.2) is 4.79 Å². The minimum absolute atomic E-state index is 0.177. The standard InChI is InChI=1S/C10H14N2O5/c13-4-10(5-14)3-8(17-6-10)12-2-1-7(15)11-9(12)16/h1-2,8,13-14H,3-6H2,(H,11,15,16)/t8-/m0/s1. The fraction of sp³-hybridized carbons (Fsp3) is 0.600. The predicted octanol–water partition coefficient (Wildman–Crippen LogP) is -1.57. The van der Waals surface area contributed by atoms with Gasteiger partial charge in [-0.3, -0.25) is 14.3 Å². The van der Waals surface area contributed by atoms with Gasteiger partial charge in [-0.1, -0.05) is 0 Å².